The third kappa shape index (κ3) is 2.07. The van der Waals surface area contributed by atoms with Crippen LogP contribution in [0.1, 0.15) is 58.8 Å². The van der Waals surface area contributed by atoms with E-state index >= 15 is 0 Å². The first-order valence-corrected chi connectivity index (χ1v) is 9.72. The fourth-order valence-corrected chi connectivity index (χ4v) is 6.22. The summed E-state index contributed by atoms with van der Waals surface area (Å²) in [5.41, 5.74) is -0.769. The fourth-order valence-electron chi connectivity index (χ4n) is 6.22. The number of carbonyl (C=O) groups excluding carboxylic acids is 2. The van der Waals surface area contributed by atoms with Crippen LogP contribution < -0.4 is 0 Å². The average Bonchev–Trinajstić information content (AvgIpc) is 2.85. The summed E-state index contributed by atoms with van der Waals surface area (Å²) in [6.45, 7) is 4.08. The van der Waals surface area contributed by atoms with Gasteiger partial charge in [-0.3, -0.25) is 9.59 Å². The van der Waals surface area contributed by atoms with E-state index in [2.05, 4.69) is 6.92 Å². The van der Waals surface area contributed by atoms with Crippen molar-refractivity contribution in [3.8, 4) is 0 Å². The van der Waals surface area contributed by atoms with Gasteiger partial charge in [0.05, 0.1) is 5.92 Å². The topological polar surface area (TPSA) is 71.1 Å². The smallest absolute Gasteiger partial charge is 0.312 e. The molecule has 2 aliphatic carbocycles. The summed E-state index contributed by atoms with van der Waals surface area (Å²) in [6.07, 6.45) is 5.01. The van der Waals surface area contributed by atoms with Crippen molar-refractivity contribution >= 4 is 11.8 Å². The minimum absolute atomic E-state index is 0.0744. The molecule has 0 radical (unpaired) electrons. The number of rotatable bonds is 1. The van der Waals surface area contributed by atoms with Gasteiger partial charge in [0.2, 0.25) is 12.1 Å². The van der Waals surface area contributed by atoms with E-state index in [9.17, 15) is 9.59 Å². The van der Waals surface area contributed by atoms with E-state index in [-0.39, 0.29) is 29.5 Å². The molecule has 0 aromatic heterocycles. The Balaban J connectivity index is 1.60. The first-order valence-electron chi connectivity index (χ1n) is 9.72. The lowest BCUT2D eigenvalue weighted by atomic mass is 9.56. The summed E-state index contributed by atoms with van der Waals surface area (Å²) >= 11 is 0. The van der Waals surface area contributed by atoms with Crippen LogP contribution in [0.15, 0.2) is 0 Å². The van der Waals surface area contributed by atoms with Crippen molar-refractivity contribution in [3.63, 3.8) is 0 Å². The lowest BCUT2D eigenvalue weighted by Gasteiger charge is -2.58. The van der Waals surface area contributed by atoms with Gasteiger partial charge in [-0.25, -0.2) is 9.78 Å². The zero-order valence-corrected chi connectivity index (χ0v) is 14.9. The maximum absolute atomic E-state index is 12.9. The minimum atomic E-state index is -0.867. The number of esters is 1. The van der Waals surface area contributed by atoms with Gasteiger partial charge >= 0.3 is 5.97 Å². The van der Waals surface area contributed by atoms with Gasteiger partial charge in [0.25, 0.3) is 0 Å². The summed E-state index contributed by atoms with van der Waals surface area (Å²) in [7, 11) is 0. The SMILES string of the molecule is C[C@@H]1CC[C@H]2[C@@H](C3CCCC3=O)C(=O)O[C@@H]3O[C@@]4(C)CC[C@@H]1[C@]32OO4. The Labute approximate surface area is 147 Å². The summed E-state index contributed by atoms with van der Waals surface area (Å²) in [5, 5.41) is 0. The Morgan fingerprint density at radius 2 is 1.88 bits per heavy atom. The quantitative estimate of drug-likeness (QED) is 0.535. The highest BCUT2D eigenvalue weighted by Gasteiger charge is 2.71. The van der Waals surface area contributed by atoms with E-state index in [0.717, 1.165) is 38.5 Å². The van der Waals surface area contributed by atoms with Crippen molar-refractivity contribution in [1.29, 1.82) is 0 Å². The van der Waals surface area contributed by atoms with E-state index in [1.807, 2.05) is 6.92 Å². The van der Waals surface area contributed by atoms with Gasteiger partial charge in [0.15, 0.2) is 5.60 Å². The molecule has 6 heteroatoms. The molecule has 25 heavy (non-hydrogen) atoms. The van der Waals surface area contributed by atoms with Crippen LogP contribution in [0.4, 0.5) is 0 Å². The lowest BCUT2D eigenvalue weighted by Crippen LogP contribution is -2.70. The Bertz CT molecular complexity index is 619. The molecule has 0 N–H and O–H groups in total. The highest BCUT2D eigenvalue weighted by molar-refractivity contribution is 5.89. The zero-order chi connectivity index (χ0) is 17.4. The monoisotopic (exact) mass is 350 g/mol. The van der Waals surface area contributed by atoms with Gasteiger partial charge in [-0.05, 0) is 44.9 Å². The van der Waals surface area contributed by atoms with Gasteiger partial charge in [0, 0.05) is 30.6 Å². The third-order valence-corrected chi connectivity index (χ3v) is 7.49. The largest absolute Gasteiger partial charge is 0.432 e. The fraction of sp³-hybridized carbons (Fsp3) is 0.895. The predicted octanol–water partition coefficient (Wildman–Crippen LogP) is 2.74. The molecule has 1 unspecified atom stereocenters. The van der Waals surface area contributed by atoms with Gasteiger partial charge in [-0.1, -0.05) is 6.92 Å². The van der Waals surface area contributed by atoms with E-state index < -0.39 is 23.6 Å². The molecule has 4 aliphatic heterocycles. The Hall–Kier alpha value is -0.980. The average molecular weight is 350 g/mol. The molecule has 6 rings (SSSR count). The maximum atomic E-state index is 12.9. The number of ether oxygens (including phenoxy) is 2. The lowest BCUT2D eigenvalue weighted by molar-refractivity contribution is -0.559. The summed E-state index contributed by atoms with van der Waals surface area (Å²) in [5.74, 6) is -1.02. The summed E-state index contributed by atoms with van der Waals surface area (Å²) in [6, 6.07) is 0. The second-order valence-corrected chi connectivity index (χ2v) is 8.84. The van der Waals surface area contributed by atoms with Crippen LogP contribution in [-0.4, -0.2) is 29.4 Å². The van der Waals surface area contributed by atoms with E-state index in [1.54, 1.807) is 0 Å². The molecule has 2 bridgehead atoms. The molecule has 8 atom stereocenters. The number of fused-ring (bicyclic) bond motifs is 2. The van der Waals surface area contributed by atoms with Crippen LogP contribution in [0.3, 0.4) is 0 Å². The van der Waals surface area contributed by atoms with Crippen molar-refractivity contribution in [2.75, 3.05) is 0 Å². The first kappa shape index (κ1) is 16.2. The number of hydrogen-bond acceptors (Lipinski definition) is 6. The van der Waals surface area contributed by atoms with Crippen LogP contribution in [0.25, 0.3) is 0 Å². The van der Waals surface area contributed by atoms with Crippen molar-refractivity contribution in [2.24, 2.45) is 29.6 Å². The standard InChI is InChI=1S/C19H26O6/c1-10-6-7-13-15(11-4-3-5-14(11)20)16(21)22-17-19(13)12(10)8-9-18(2,23-17)24-25-19/h10-13,15,17H,3-9H2,1-2H3/t10-,11?,12+,13+,15-,17-,18-,19-/m1/s1. The number of carbonyl (C=O) groups is 2. The molecule has 4 saturated heterocycles. The Morgan fingerprint density at radius 1 is 1.04 bits per heavy atom. The molecule has 6 fully saturated rings. The highest BCUT2D eigenvalue weighted by Crippen LogP contribution is 2.61. The molecular weight excluding hydrogens is 324 g/mol. The van der Waals surface area contributed by atoms with Crippen molar-refractivity contribution in [1.82, 2.24) is 0 Å². The zero-order valence-electron chi connectivity index (χ0n) is 14.9. The normalized spacial score (nSPS) is 54.8. The van der Waals surface area contributed by atoms with E-state index in [4.69, 9.17) is 19.2 Å². The maximum Gasteiger partial charge on any atom is 0.312 e. The Morgan fingerprint density at radius 3 is 2.64 bits per heavy atom. The predicted molar refractivity (Wildman–Crippen MR) is 84.7 cm³/mol. The van der Waals surface area contributed by atoms with Gasteiger partial charge < -0.3 is 9.47 Å². The molecule has 4 heterocycles. The van der Waals surface area contributed by atoms with Crippen LogP contribution in [0.2, 0.25) is 0 Å². The van der Waals surface area contributed by atoms with Crippen LogP contribution in [-0.2, 0) is 28.8 Å². The van der Waals surface area contributed by atoms with Gasteiger partial charge in [-0.15, -0.1) is 0 Å². The Kier molecular flexibility index (Phi) is 3.42. The summed E-state index contributed by atoms with van der Waals surface area (Å²) in [4.78, 5) is 37.1. The second kappa shape index (κ2) is 5.27. The van der Waals surface area contributed by atoms with Gasteiger partial charge in [-0.2, -0.15) is 0 Å². The third-order valence-electron chi connectivity index (χ3n) is 7.49. The molecule has 6 nitrogen and oxygen atoms in total. The van der Waals surface area contributed by atoms with Crippen LogP contribution in [0, 0.1) is 29.6 Å². The molecule has 138 valence electrons. The van der Waals surface area contributed by atoms with Crippen molar-refractivity contribution in [3.05, 3.63) is 0 Å². The molecule has 2 saturated carbocycles. The molecule has 0 aromatic rings. The van der Waals surface area contributed by atoms with Crippen LogP contribution in [0.5, 0.6) is 0 Å². The molecule has 6 aliphatic rings. The molecule has 0 amide bonds. The molecular formula is C19H26O6. The van der Waals surface area contributed by atoms with Gasteiger partial charge in [0.1, 0.15) is 5.78 Å². The number of hydrogen-bond donors (Lipinski definition) is 0. The molecule has 0 aromatic carbocycles. The minimum Gasteiger partial charge on any atom is -0.432 e. The van der Waals surface area contributed by atoms with Crippen LogP contribution >= 0.6 is 0 Å². The molecule has 1 spiro atoms. The highest BCUT2D eigenvalue weighted by atomic mass is 17.3. The number of ketones is 1. The van der Waals surface area contributed by atoms with E-state index in [0.29, 0.717) is 12.3 Å². The van der Waals surface area contributed by atoms with Crippen molar-refractivity contribution < 1.29 is 28.8 Å². The first-order chi connectivity index (χ1) is 11.9. The second-order valence-electron chi connectivity index (χ2n) is 8.84. The van der Waals surface area contributed by atoms with E-state index in [1.165, 1.54) is 0 Å². The van der Waals surface area contributed by atoms with Crippen molar-refractivity contribution in [2.45, 2.75) is 76.5 Å². The number of Topliss-reactive ketones (excluding diaryl/α,β-unsaturated/α-hetero) is 1. The summed E-state index contributed by atoms with van der Waals surface area (Å²) < 4.78 is 11.9.